The first kappa shape index (κ1) is 12.6. The quantitative estimate of drug-likeness (QED) is 0.760. The molecule has 0 saturated heterocycles. The lowest BCUT2D eigenvalue weighted by molar-refractivity contribution is 1.05. The molecule has 3 rings (SSSR count). The van der Waals surface area contributed by atoms with Crippen LogP contribution in [0.15, 0.2) is 42.5 Å². The van der Waals surface area contributed by atoms with Crippen molar-refractivity contribution in [3.63, 3.8) is 0 Å². The van der Waals surface area contributed by atoms with E-state index in [-0.39, 0.29) is 0 Å². The molecule has 0 unspecified atom stereocenters. The first-order chi connectivity index (χ1) is 9.70. The lowest BCUT2D eigenvalue weighted by atomic mass is 10.0. The Balaban J connectivity index is 2.29. The maximum absolute atomic E-state index is 4.41. The molecule has 0 amide bonds. The Hall–Kier alpha value is -2.42. The van der Waals surface area contributed by atoms with Crippen LogP contribution in [0.25, 0.3) is 22.0 Å². The van der Waals surface area contributed by atoms with Crippen molar-refractivity contribution in [1.82, 2.24) is 10.2 Å². The molecule has 1 aromatic heterocycles. The molecule has 3 heteroatoms. The SMILES string of the molecule is CNc1nnc(-c2ccc(C)c(C)c2)c2ccccc12. The average Bonchev–Trinajstić information content (AvgIpc) is 2.49. The van der Waals surface area contributed by atoms with E-state index >= 15 is 0 Å². The molecule has 0 aliphatic rings. The molecule has 0 fully saturated rings. The van der Waals surface area contributed by atoms with Crippen molar-refractivity contribution in [2.45, 2.75) is 13.8 Å². The van der Waals surface area contributed by atoms with Gasteiger partial charge in [-0.1, -0.05) is 36.4 Å². The highest BCUT2D eigenvalue weighted by molar-refractivity contribution is 6.00. The zero-order chi connectivity index (χ0) is 14.1. The zero-order valence-corrected chi connectivity index (χ0v) is 11.9. The predicted molar refractivity (Wildman–Crippen MR) is 84.0 cm³/mol. The van der Waals surface area contributed by atoms with Gasteiger partial charge in [0.2, 0.25) is 0 Å². The number of anilines is 1. The second-order valence-electron chi connectivity index (χ2n) is 4.99. The standard InChI is InChI=1S/C17H17N3/c1-11-8-9-13(10-12(11)2)16-14-6-4-5-7-15(14)17(18-3)20-19-16/h4-10H,1-3H3,(H,18,20). The second kappa shape index (κ2) is 4.93. The minimum absolute atomic E-state index is 0.813. The summed E-state index contributed by atoms with van der Waals surface area (Å²) >= 11 is 0. The van der Waals surface area contributed by atoms with Crippen LogP contribution in [0.3, 0.4) is 0 Å². The summed E-state index contributed by atoms with van der Waals surface area (Å²) in [7, 11) is 1.87. The summed E-state index contributed by atoms with van der Waals surface area (Å²) in [5, 5.41) is 14.0. The minimum Gasteiger partial charge on any atom is -0.371 e. The molecule has 1 N–H and O–H groups in total. The molecule has 2 aromatic carbocycles. The molecule has 0 atom stereocenters. The smallest absolute Gasteiger partial charge is 0.156 e. The van der Waals surface area contributed by atoms with Gasteiger partial charge in [-0.25, -0.2) is 0 Å². The molecule has 0 saturated carbocycles. The van der Waals surface area contributed by atoms with Crippen LogP contribution in [0.2, 0.25) is 0 Å². The van der Waals surface area contributed by atoms with Crippen molar-refractivity contribution < 1.29 is 0 Å². The molecule has 3 nitrogen and oxygen atoms in total. The molecule has 0 aliphatic carbocycles. The number of hydrogen-bond acceptors (Lipinski definition) is 3. The Labute approximate surface area is 118 Å². The molecule has 0 aliphatic heterocycles. The van der Waals surface area contributed by atoms with Gasteiger partial charge in [0.05, 0.1) is 0 Å². The molecular weight excluding hydrogens is 246 g/mol. The van der Waals surface area contributed by atoms with Gasteiger partial charge in [-0.15, -0.1) is 10.2 Å². The molecule has 100 valence electrons. The zero-order valence-electron chi connectivity index (χ0n) is 11.9. The third kappa shape index (κ3) is 2.01. The van der Waals surface area contributed by atoms with E-state index in [9.17, 15) is 0 Å². The van der Waals surface area contributed by atoms with E-state index in [4.69, 9.17) is 0 Å². The summed E-state index contributed by atoms with van der Waals surface area (Å²) in [6.45, 7) is 4.24. The van der Waals surface area contributed by atoms with Gasteiger partial charge in [-0.3, -0.25) is 0 Å². The fourth-order valence-electron chi connectivity index (χ4n) is 2.39. The third-order valence-corrected chi connectivity index (χ3v) is 3.70. The van der Waals surface area contributed by atoms with E-state index in [0.717, 1.165) is 27.8 Å². The highest BCUT2D eigenvalue weighted by atomic mass is 15.2. The van der Waals surface area contributed by atoms with Gasteiger partial charge in [0.25, 0.3) is 0 Å². The lowest BCUT2D eigenvalue weighted by Gasteiger charge is -2.10. The number of aryl methyl sites for hydroxylation is 2. The molecule has 0 bridgehead atoms. The van der Waals surface area contributed by atoms with Crippen LogP contribution in [0.4, 0.5) is 5.82 Å². The molecule has 0 spiro atoms. The maximum Gasteiger partial charge on any atom is 0.156 e. The highest BCUT2D eigenvalue weighted by Gasteiger charge is 2.10. The van der Waals surface area contributed by atoms with Gasteiger partial charge in [-0.05, 0) is 31.0 Å². The Morgan fingerprint density at radius 2 is 1.60 bits per heavy atom. The summed E-state index contributed by atoms with van der Waals surface area (Å²) in [4.78, 5) is 0. The maximum atomic E-state index is 4.41. The van der Waals surface area contributed by atoms with Gasteiger partial charge in [-0.2, -0.15) is 0 Å². The highest BCUT2D eigenvalue weighted by Crippen LogP contribution is 2.30. The fourth-order valence-corrected chi connectivity index (χ4v) is 2.39. The summed E-state index contributed by atoms with van der Waals surface area (Å²) < 4.78 is 0. The van der Waals surface area contributed by atoms with Crippen molar-refractivity contribution in [2.24, 2.45) is 0 Å². The molecule has 1 heterocycles. The first-order valence-corrected chi connectivity index (χ1v) is 6.71. The number of rotatable bonds is 2. The van der Waals surface area contributed by atoms with Crippen molar-refractivity contribution in [3.05, 3.63) is 53.6 Å². The van der Waals surface area contributed by atoms with Gasteiger partial charge in [0.1, 0.15) is 5.69 Å². The van der Waals surface area contributed by atoms with Crippen LogP contribution in [-0.2, 0) is 0 Å². The largest absolute Gasteiger partial charge is 0.371 e. The van der Waals surface area contributed by atoms with Crippen LogP contribution in [0.5, 0.6) is 0 Å². The van der Waals surface area contributed by atoms with Gasteiger partial charge >= 0.3 is 0 Å². The van der Waals surface area contributed by atoms with Gasteiger partial charge < -0.3 is 5.32 Å². The number of nitrogens with one attached hydrogen (secondary N) is 1. The topological polar surface area (TPSA) is 37.8 Å². The van der Waals surface area contributed by atoms with E-state index in [1.807, 2.05) is 19.2 Å². The van der Waals surface area contributed by atoms with E-state index in [1.54, 1.807) is 0 Å². The number of hydrogen-bond donors (Lipinski definition) is 1. The van der Waals surface area contributed by atoms with Gasteiger partial charge in [0, 0.05) is 23.4 Å². The normalized spacial score (nSPS) is 10.8. The molecular formula is C17H17N3. The van der Waals surface area contributed by atoms with E-state index in [0.29, 0.717) is 0 Å². The number of aromatic nitrogens is 2. The summed E-state index contributed by atoms with van der Waals surface area (Å²) in [6, 6.07) is 14.6. The predicted octanol–water partition coefficient (Wildman–Crippen LogP) is 3.96. The first-order valence-electron chi connectivity index (χ1n) is 6.71. The van der Waals surface area contributed by atoms with Crippen molar-refractivity contribution in [3.8, 4) is 11.3 Å². The summed E-state index contributed by atoms with van der Waals surface area (Å²) in [6.07, 6.45) is 0. The molecule has 3 aromatic rings. The number of fused-ring (bicyclic) bond motifs is 1. The average molecular weight is 263 g/mol. The van der Waals surface area contributed by atoms with Crippen LogP contribution in [0, 0.1) is 13.8 Å². The Kier molecular flexibility index (Phi) is 3.11. The van der Waals surface area contributed by atoms with E-state index < -0.39 is 0 Å². The van der Waals surface area contributed by atoms with Crippen molar-refractivity contribution in [2.75, 3.05) is 12.4 Å². The molecule has 20 heavy (non-hydrogen) atoms. The fraction of sp³-hybridized carbons (Fsp3) is 0.176. The van der Waals surface area contributed by atoms with E-state index in [2.05, 4.69) is 59.7 Å². The molecule has 0 radical (unpaired) electrons. The van der Waals surface area contributed by atoms with Crippen LogP contribution in [0.1, 0.15) is 11.1 Å². The van der Waals surface area contributed by atoms with Crippen molar-refractivity contribution in [1.29, 1.82) is 0 Å². The summed E-state index contributed by atoms with van der Waals surface area (Å²) in [5.74, 6) is 0.813. The van der Waals surface area contributed by atoms with Crippen LogP contribution in [-0.4, -0.2) is 17.2 Å². The second-order valence-corrected chi connectivity index (χ2v) is 4.99. The summed E-state index contributed by atoms with van der Waals surface area (Å²) in [5.41, 5.74) is 4.60. The van der Waals surface area contributed by atoms with Crippen molar-refractivity contribution >= 4 is 16.6 Å². The monoisotopic (exact) mass is 263 g/mol. The third-order valence-electron chi connectivity index (χ3n) is 3.70. The van der Waals surface area contributed by atoms with Crippen LogP contribution >= 0.6 is 0 Å². The minimum atomic E-state index is 0.813. The Morgan fingerprint density at radius 3 is 2.30 bits per heavy atom. The number of nitrogens with zero attached hydrogens (tertiary/aromatic N) is 2. The van der Waals surface area contributed by atoms with E-state index in [1.165, 1.54) is 11.1 Å². The Bertz CT molecular complexity index is 778. The lowest BCUT2D eigenvalue weighted by Crippen LogP contribution is -1.98. The number of benzene rings is 2. The van der Waals surface area contributed by atoms with Gasteiger partial charge in [0.15, 0.2) is 5.82 Å². The Morgan fingerprint density at radius 1 is 0.850 bits per heavy atom. The van der Waals surface area contributed by atoms with Crippen LogP contribution < -0.4 is 5.32 Å².